The monoisotopic (exact) mass is 314 g/mol. The van der Waals surface area contributed by atoms with Gasteiger partial charge < -0.3 is 15.3 Å². The van der Waals surface area contributed by atoms with Gasteiger partial charge in [-0.1, -0.05) is 6.92 Å². The van der Waals surface area contributed by atoms with E-state index in [-0.39, 0.29) is 12.5 Å². The second-order valence-corrected chi connectivity index (χ2v) is 7.65. The molecule has 2 rings (SSSR count). The highest BCUT2D eigenvalue weighted by molar-refractivity contribution is 7.99. The predicted molar refractivity (Wildman–Crippen MR) is 84.6 cm³/mol. The van der Waals surface area contributed by atoms with E-state index in [0.717, 1.165) is 31.6 Å². The predicted octanol–water partition coefficient (Wildman–Crippen LogP) is 2.56. The normalized spacial score (nSPS) is 28.8. The molecule has 2 N–H and O–H groups in total. The Kier molecular flexibility index (Phi) is 6.21. The highest BCUT2D eigenvalue weighted by atomic mass is 32.2. The Balaban J connectivity index is 1.69. The molecule has 0 aromatic rings. The van der Waals surface area contributed by atoms with Crippen LogP contribution >= 0.6 is 11.8 Å². The summed E-state index contributed by atoms with van der Waals surface area (Å²) in [6.45, 7) is 3.65. The van der Waals surface area contributed by atoms with Crippen molar-refractivity contribution >= 4 is 23.8 Å². The van der Waals surface area contributed by atoms with Crippen molar-refractivity contribution in [2.45, 2.75) is 56.7 Å². The van der Waals surface area contributed by atoms with E-state index in [9.17, 15) is 9.59 Å². The molecule has 0 aromatic heterocycles. The number of nitrogens with one attached hydrogen (secondary N) is 1. The van der Waals surface area contributed by atoms with Crippen LogP contribution in [0.5, 0.6) is 0 Å². The minimum absolute atomic E-state index is 0.0416. The molecular weight excluding hydrogens is 288 g/mol. The molecule has 5 nitrogen and oxygen atoms in total. The zero-order chi connectivity index (χ0) is 15.2. The van der Waals surface area contributed by atoms with Crippen LogP contribution in [0.1, 0.15) is 45.4 Å². The number of urea groups is 1. The van der Waals surface area contributed by atoms with Gasteiger partial charge in [0.2, 0.25) is 0 Å². The molecule has 2 amide bonds. The van der Waals surface area contributed by atoms with E-state index in [1.165, 1.54) is 6.42 Å². The fourth-order valence-electron chi connectivity index (χ4n) is 3.30. The molecule has 1 aliphatic carbocycles. The molecule has 2 aliphatic rings. The van der Waals surface area contributed by atoms with Crippen molar-refractivity contribution in [2.24, 2.45) is 5.92 Å². The van der Waals surface area contributed by atoms with Gasteiger partial charge in [-0.2, -0.15) is 11.8 Å². The highest BCUT2D eigenvalue weighted by Crippen LogP contribution is 2.30. The SMILES string of the molecule is CCSC1CCC(NC(=O)N2CCC(CCC(=O)O)C2)C1. The van der Waals surface area contributed by atoms with Gasteiger partial charge in [0.05, 0.1) is 0 Å². The number of likely N-dealkylation sites (tertiary alicyclic amines) is 1. The number of rotatable bonds is 6. The van der Waals surface area contributed by atoms with Gasteiger partial charge in [0.1, 0.15) is 0 Å². The maximum atomic E-state index is 12.2. The Morgan fingerprint density at radius 1 is 1.33 bits per heavy atom. The molecule has 6 heteroatoms. The molecule has 3 unspecified atom stereocenters. The van der Waals surface area contributed by atoms with Crippen molar-refractivity contribution in [2.75, 3.05) is 18.8 Å². The Labute approximate surface area is 130 Å². The first-order chi connectivity index (χ1) is 10.1. The highest BCUT2D eigenvalue weighted by Gasteiger charge is 2.30. The van der Waals surface area contributed by atoms with E-state index >= 15 is 0 Å². The number of thioether (sulfide) groups is 1. The Morgan fingerprint density at radius 2 is 2.14 bits per heavy atom. The van der Waals surface area contributed by atoms with E-state index < -0.39 is 5.97 Å². The lowest BCUT2D eigenvalue weighted by Crippen LogP contribution is -2.43. The van der Waals surface area contributed by atoms with Crippen LogP contribution in [0.25, 0.3) is 0 Å². The number of carbonyl (C=O) groups is 2. The van der Waals surface area contributed by atoms with E-state index in [1.807, 2.05) is 16.7 Å². The van der Waals surface area contributed by atoms with Crippen LogP contribution in [0.2, 0.25) is 0 Å². The fraction of sp³-hybridized carbons (Fsp3) is 0.867. The lowest BCUT2D eigenvalue weighted by Gasteiger charge is -2.21. The van der Waals surface area contributed by atoms with Crippen LogP contribution in [-0.4, -0.2) is 52.1 Å². The molecule has 2 fully saturated rings. The molecule has 1 saturated heterocycles. The van der Waals surface area contributed by atoms with E-state index in [0.29, 0.717) is 30.2 Å². The third-order valence-corrected chi connectivity index (χ3v) is 5.69. The first kappa shape index (κ1) is 16.5. The molecule has 0 bridgehead atoms. The number of aliphatic carboxylic acids is 1. The first-order valence-electron chi connectivity index (χ1n) is 7.97. The van der Waals surface area contributed by atoms with Crippen molar-refractivity contribution in [3.05, 3.63) is 0 Å². The van der Waals surface area contributed by atoms with Crippen LogP contribution < -0.4 is 5.32 Å². The standard InChI is InChI=1S/C15H26N2O3S/c1-2-21-13-5-4-12(9-13)16-15(20)17-8-7-11(10-17)3-6-14(18)19/h11-13H,2-10H2,1H3,(H,16,20)(H,18,19). The molecule has 0 spiro atoms. The van der Waals surface area contributed by atoms with E-state index in [4.69, 9.17) is 5.11 Å². The minimum Gasteiger partial charge on any atom is -0.481 e. The number of hydrogen-bond acceptors (Lipinski definition) is 3. The van der Waals surface area contributed by atoms with Crippen molar-refractivity contribution in [1.29, 1.82) is 0 Å². The lowest BCUT2D eigenvalue weighted by molar-refractivity contribution is -0.137. The fourth-order valence-corrected chi connectivity index (χ4v) is 4.45. The molecular formula is C15H26N2O3S. The average molecular weight is 314 g/mol. The van der Waals surface area contributed by atoms with Crippen LogP contribution in [0.4, 0.5) is 4.79 Å². The molecule has 1 saturated carbocycles. The van der Waals surface area contributed by atoms with Gasteiger partial charge in [0.15, 0.2) is 0 Å². The quantitative estimate of drug-likeness (QED) is 0.790. The van der Waals surface area contributed by atoms with Crippen LogP contribution in [-0.2, 0) is 4.79 Å². The molecule has 120 valence electrons. The van der Waals surface area contributed by atoms with Gasteiger partial charge in [0.25, 0.3) is 0 Å². The van der Waals surface area contributed by atoms with Crippen LogP contribution in [0.3, 0.4) is 0 Å². The Morgan fingerprint density at radius 3 is 2.86 bits per heavy atom. The molecule has 0 radical (unpaired) electrons. The van der Waals surface area contributed by atoms with Gasteiger partial charge >= 0.3 is 12.0 Å². The summed E-state index contributed by atoms with van der Waals surface area (Å²) < 4.78 is 0. The summed E-state index contributed by atoms with van der Waals surface area (Å²) in [5.41, 5.74) is 0. The van der Waals surface area contributed by atoms with Crippen molar-refractivity contribution in [3.63, 3.8) is 0 Å². The molecule has 3 atom stereocenters. The summed E-state index contributed by atoms with van der Waals surface area (Å²) in [7, 11) is 0. The largest absolute Gasteiger partial charge is 0.481 e. The Hall–Kier alpha value is -0.910. The topological polar surface area (TPSA) is 69.6 Å². The number of nitrogens with zero attached hydrogens (tertiary/aromatic N) is 1. The summed E-state index contributed by atoms with van der Waals surface area (Å²) >= 11 is 1.99. The molecule has 21 heavy (non-hydrogen) atoms. The second kappa shape index (κ2) is 7.92. The van der Waals surface area contributed by atoms with E-state index in [1.54, 1.807) is 0 Å². The Bertz CT molecular complexity index is 378. The van der Waals surface area contributed by atoms with Gasteiger partial charge in [-0.05, 0) is 43.8 Å². The zero-order valence-electron chi connectivity index (χ0n) is 12.7. The van der Waals surface area contributed by atoms with Crippen molar-refractivity contribution in [1.82, 2.24) is 10.2 Å². The smallest absolute Gasteiger partial charge is 0.317 e. The zero-order valence-corrected chi connectivity index (χ0v) is 13.5. The maximum absolute atomic E-state index is 12.2. The third kappa shape index (κ3) is 5.09. The molecule has 1 heterocycles. The molecule has 1 aliphatic heterocycles. The van der Waals surface area contributed by atoms with Gasteiger partial charge in [0, 0.05) is 30.8 Å². The van der Waals surface area contributed by atoms with Crippen molar-refractivity contribution < 1.29 is 14.7 Å². The van der Waals surface area contributed by atoms with E-state index in [2.05, 4.69) is 12.2 Å². The molecule has 0 aromatic carbocycles. The summed E-state index contributed by atoms with van der Waals surface area (Å²) in [5, 5.41) is 12.6. The lowest BCUT2D eigenvalue weighted by atomic mass is 10.0. The minimum atomic E-state index is -0.747. The maximum Gasteiger partial charge on any atom is 0.317 e. The first-order valence-corrected chi connectivity index (χ1v) is 9.02. The number of carboxylic acid groups (broad SMARTS) is 1. The van der Waals surface area contributed by atoms with Gasteiger partial charge in [-0.3, -0.25) is 4.79 Å². The summed E-state index contributed by atoms with van der Waals surface area (Å²) in [6.07, 6.45) is 5.18. The number of hydrogen-bond donors (Lipinski definition) is 2. The summed E-state index contributed by atoms with van der Waals surface area (Å²) in [6, 6.07) is 0.361. The number of carbonyl (C=O) groups excluding carboxylic acids is 1. The number of amides is 2. The van der Waals surface area contributed by atoms with Gasteiger partial charge in [-0.25, -0.2) is 4.79 Å². The van der Waals surface area contributed by atoms with Crippen LogP contribution in [0, 0.1) is 5.92 Å². The second-order valence-electron chi connectivity index (χ2n) is 6.07. The van der Waals surface area contributed by atoms with Gasteiger partial charge in [-0.15, -0.1) is 0 Å². The summed E-state index contributed by atoms with van der Waals surface area (Å²) in [5.74, 6) is 0.741. The number of carboxylic acids is 1. The third-order valence-electron chi connectivity index (χ3n) is 4.45. The van der Waals surface area contributed by atoms with Crippen molar-refractivity contribution in [3.8, 4) is 0 Å². The average Bonchev–Trinajstić information content (AvgIpc) is 3.06. The van der Waals surface area contributed by atoms with Crippen LogP contribution in [0.15, 0.2) is 0 Å². The summed E-state index contributed by atoms with van der Waals surface area (Å²) in [4.78, 5) is 24.7.